The van der Waals surface area contributed by atoms with Crippen molar-refractivity contribution in [1.82, 2.24) is 0 Å². The van der Waals surface area contributed by atoms with Gasteiger partial charge in [0.15, 0.2) is 0 Å². The van der Waals surface area contributed by atoms with Crippen LogP contribution in [0.25, 0.3) is 0 Å². The van der Waals surface area contributed by atoms with Crippen LogP contribution in [0.4, 0.5) is 0 Å². The average molecular weight is 344 g/mol. The Morgan fingerprint density at radius 3 is 1.59 bits per heavy atom. The number of rotatable bonds is 14. The monoisotopic (exact) mass is 344 g/mol. The van der Waals surface area contributed by atoms with Gasteiger partial charge in [0.2, 0.25) is 0 Å². The van der Waals surface area contributed by atoms with Crippen molar-refractivity contribution in [2.45, 2.75) is 102 Å². The first kappa shape index (κ1) is 25.1. The number of aliphatic hydroxyl groups excluding tert-OH is 1. The molecule has 0 amide bonds. The second kappa shape index (κ2) is 15.4. The zero-order chi connectivity index (χ0) is 16.1. The summed E-state index contributed by atoms with van der Waals surface area (Å²) >= 11 is 0. The largest absolute Gasteiger partial charge is 1.00 e. The third kappa shape index (κ3) is 14.5. The molecule has 0 fully saturated rings. The van der Waals surface area contributed by atoms with Gasteiger partial charge in [-0.05, 0) is 25.7 Å². The first-order valence-corrected chi connectivity index (χ1v) is 10.0. The van der Waals surface area contributed by atoms with Crippen molar-refractivity contribution in [2.75, 3.05) is 0 Å². The molecule has 0 aliphatic carbocycles. The summed E-state index contributed by atoms with van der Waals surface area (Å²) in [7, 11) is -4.10. The molecule has 0 spiro atoms. The quantitative estimate of drug-likeness (QED) is 0.290. The normalized spacial score (nSPS) is 14.4. The van der Waals surface area contributed by atoms with E-state index in [0.29, 0.717) is 12.8 Å². The molecule has 0 aromatic carbocycles. The molecule has 22 heavy (non-hydrogen) atoms. The number of hydrogen-bond donors (Lipinski definition) is 1. The van der Waals surface area contributed by atoms with E-state index in [2.05, 4.69) is 0 Å². The predicted molar refractivity (Wildman–Crippen MR) is 86.2 cm³/mol. The van der Waals surface area contributed by atoms with Crippen molar-refractivity contribution >= 4 is 10.1 Å². The van der Waals surface area contributed by atoms with Crippen LogP contribution in [0.5, 0.6) is 0 Å². The van der Waals surface area contributed by atoms with Crippen LogP contribution in [0.1, 0.15) is 90.9 Å². The van der Waals surface area contributed by atoms with Gasteiger partial charge in [0.1, 0.15) is 0 Å². The molecule has 0 saturated carbocycles. The van der Waals surface area contributed by atoms with Gasteiger partial charge in [0.25, 0.3) is 0 Å². The van der Waals surface area contributed by atoms with E-state index in [1.807, 2.05) is 6.92 Å². The van der Waals surface area contributed by atoms with Crippen LogP contribution in [0.15, 0.2) is 0 Å². The topological polar surface area (TPSA) is 77.4 Å². The first-order chi connectivity index (χ1) is 9.91. The Bertz CT molecular complexity index is 333. The number of unbranched alkanes of at least 4 members (excludes halogenated alkanes) is 7. The zero-order valence-corrected chi connectivity index (χ0v) is 17.5. The Balaban J connectivity index is 0. The van der Waals surface area contributed by atoms with Gasteiger partial charge in [-0.2, -0.15) is 0 Å². The fraction of sp³-hybridized carbons (Fsp3) is 1.00. The fourth-order valence-electron chi connectivity index (χ4n) is 2.57. The van der Waals surface area contributed by atoms with Crippen molar-refractivity contribution in [2.24, 2.45) is 0 Å². The van der Waals surface area contributed by atoms with Gasteiger partial charge in [-0.15, -0.1) is 0 Å². The second-order valence-electron chi connectivity index (χ2n) is 5.99. The van der Waals surface area contributed by atoms with E-state index in [0.717, 1.165) is 38.5 Å². The second-order valence-corrected chi connectivity index (χ2v) is 7.64. The van der Waals surface area contributed by atoms with E-state index in [-0.39, 0.29) is 35.7 Å². The van der Waals surface area contributed by atoms with E-state index < -0.39 is 15.4 Å². The molecule has 0 radical (unpaired) electrons. The van der Waals surface area contributed by atoms with Crippen molar-refractivity contribution in [3.05, 3.63) is 0 Å². The Morgan fingerprint density at radius 1 is 0.818 bits per heavy atom. The van der Waals surface area contributed by atoms with Gasteiger partial charge < -0.3 is 9.66 Å². The summed E-state index contributed by atoms with van der Waals surface area (Å²) in [5.41, 5.74) is 0. The van der Waals surface area contributed by atoms with Gasteiger partial charge in [0, 0.05) is 5.25 Å². The maximum absolute atomic E-state index is 10.9. The Kier molecular flexibility index (Phi) is 17.6. The summed E-state index contributed by atoms with van der Waals surface area (Å²) in [6.07, 6.45) is 11.4. The van der Waals surface area contributed by atoms with E-state index in [1.165, 1.54) is 25.7 Å². The minimum absolute atomic E-state index is 0. The summed E-state index contributed by atoms with van der Waals surface area (Å²) in [5.74, 6) is 0. The van der Waals surface area contributed by atoms with E-state index in [4.69, 9.17) is 0 Å². The summed E-state index contributed by atoms with van der Waals surface area (Å²) in [5, 5.41) is 8.72. The molecule has 0 aliphatic rings. The molecule has 2 unspecified atom stereocenters. The smallest absolute Gasteiger partial charge is 0.748 e. The molecule has 0 rings (SSSR count). The van der Waals surface area contributed by atoms with Crippen LogP contribution in [-0.4, -0.2) is 29.4 Å². The van der Waals surface area contributed by atoms with Gasteiger partial charge >= 0.3 is 29.6 Å². The van der Waals surface area contributed by atoms with E-state index in [9.17, 15) is 18.1 Å². The minimum atomic E-state index is -4.10. The Labute approximate surface area is 159 Å². The fourth-order valence-corrected chi connectivity index (χ4v) is 3.43. The summed E-state index contributed by atoms with van der Waals surface area (Å²) in [6, 6.07) is 0. The van der Waals surface area contributed by atoms with Gasteiger partial charge in [-0.1, -0.05) is 65.2 Å². The zero-order valence-electron chi connectivity index (χ0n) is 14.7. The molecule has 128 valence electrons. The molecular formula is C16H33NaO4S. The molecule has 2 atom stereocenters. The molecule has 4 nitrogen and oxygen atoms in total. The van der Waals surface area contributed by atoms with Gasteiger partial charge in [-0.3, -0.25) is 0 Å². The molecule has 1 N–H and O–H groups in total. The molecule has 0 bridgehead atoms. The molecular weight excluding hydrogens is 311 g/mol. The number of aliphatic hydroxyl groups is 1. The van der Waals surface area contributed by atoms with Crippen LogP contribution in [-0.2, 0) is 10.1 Å². The summed E-state index contributed by atoms with van der Waals surface area (Å²) < 4.78 is 32.8. The summed E-state index contributed by atoms with van der Waals surface area (Å²) in [6.45, 7) is 3.77. The molecule has 0 aromatic rings. The number of hydrogen-bond acceptors (Lipinski definition) is 4. The Morgan fingerprint density at radius 2 is 1.23 bits per heavy atom. The SMILES string of the molecule is CCC(O)CCCCCCCCCCC(CC)S(=O)(=O)[O-].[Na+]. The van der Waals surface area contributed by atoms with Crippen molar-refractivity contribution < 1.29 is 47.6 Å². The third-order valence-electron chi connectivity index (χ3n) is 4.15. The van der Waals surface area contributed by atoms with Crippen LogP contribution in [0, 0.1) is 0 Å². The maximum Gasteiger partial charge on any atom is 1.00 e. The van der Waals surface area contributed by atoms with Crippen molar-refractivity contribution in [3.8, 4) is 0 Å². The maximum atomic E-state index is 10.9. The molecule has 0 aliphatic heterocycles. The average Bonchev–Trinajstić information content (AvgIpc) is 2.43. The van der Waals surface area contributed by atoms with Crippen LogP contribution in [0.3, 0.4) is 0 Å². The van der Waals surface area contributed by atoms with Crippen LogP contribution < -0.4 is 29.6 Å². The first-order valence-electron chi connectivity index (χ1n) is 8.54. The van der Waals surface area contributed by atoms with Gasteiger partial charge in [-0.25, -0.2) is 8.42 Å². The van der Waals surface area contributed by atoms with Crippen LogP contribution in [0.2, 0.25) is 0 Å². The van der Waals surface area contributed by atoms with E-state index >= 15 is 0 Å². The minimum Gasteiger partial charge on any atom is -0.748 e. The summed E-state index contributed by atoms with van der Waals surface area (Å²) in [4.78, 5) is 0. The van der Waals surface area contributed by atoms with Crippen LogP contribution >= 0.6 is 0 Å². The third-order valence-corrected chi connectivity index (χ3v) is 5.53. The Hall–Kier alpha value is 0.870. The van der Waals surface area contributed by atoms with E-state index in [1.54, 1.807) is 6.92 Å². The molecule has 0 heterocycles. The predicted octanol–water partition coefficient (Wildman–Crippen LogP) is 0.986. The molecule has 0 aromatic heterocycles. The molecule has 0 saturated heterocycles. The van der Waals surface area contributed by atoms with Crippen molar-refractivity contribution in [3.63, 3.8) is 0 Å². The standard InChI is InChI=1S/C16H34O4S.Na/c1-3-15(17)13-11-9-7-5-6-8-10-12-14-16(4-2)21(18,19)20;/h15-17H,3-14H2,1-2H3,(H,18,19,20);/q;+1/p-1. The van der Waals surface area contributed by atoms with Crippen molar-refractivity contribution in [1.29, 1.82) is 0 Å². The molecule has 6 heteroatoms. The van der Waals surface area contributed by atoms with Gasteiger partial charge in [0.05, 0.1) is 16.2 Å².